The fourth-order valence-corrected chi connectivity index (χ4v) is 5.55. The molecular formula is C29H24F3N7. The number of imidazole rings is 1. The van der Waals surface area contributed by atoms with Gasteiger partial charge in [0.25, 0.3) is 5.92 Å². The van der Waals surface area contributed by atoms with E-state index >= 15 is 0 Å². The summed E-state index contributed by atoms with van der Waals surface area (Å²) in [5.41, 5.74) is 5.94. The summed E-state index contributed by atoms with van der Waals surface area (Å²) in [5, 5.41) is 8.35. The summed E-state index contributed by atoms with van der Waals surface area (Å²) in [4.78, 5) is 18.9. The van der Waals surface area contributed by atoms with Crippen LogP contribution in [0.5, 0.6) is 0 Å². The predicted molar refractivity (Wildman–Crippen MR) is 141 cm³/mol. The number of hydrogen-bond donors (Lipinski definition) is 2. The number of benzene rings is 1. The predicted octanol–water partition coefficient (Wildman–Crippen LogP) is 5.94. The number of nitrogens with zero attached hydrogens (tertiary/aromatic N) is 5. The van der Waals surface area contributed by atoms with E-state index in [0.29, 0.717) is 42.3 Å². The van der Waals surface area contributed by atoms with Crippen molar-refractivity contribution in [2.45, 2.75) is 31.2 Å². The van der Waals surface area contributed by atoms with Crippen molar-refractivity contribution in [1.82, 2.24) is 35.0 Å². The number of halogens is 3. The van der Waals surface area contributed by atoms with Crippen LogP contribution in [-0.4, -0.2) is 54.0 Å². The van der Waals surface area contributed by atoms with Crippen molar-refractivity contribution in [1.29, 1.82) is 0 Å². The molecule has 0 bridgehead atoms. The Morgan fingerprint density at radius 3 is 2.85 bits per heavy atom. The number of aromatic nitrogens is 6. The number of alkyl halides is 2. The van der Waals surface area contributed by atoms with Crippen LogP contribution in [0.4, 0.5) is 13.2 Å². The molecule has 0 radical (unpaired) electrons. The van der Waals surface area contributed by atoms with Gasteiger partial charge in [0.05, 0.1) is 35.3 Å². The third kappa shape index (κ3) is 4.40. The van der Waals surface area contributed by atoms with E-state index in [2.05, 4.69) is 25.1 Å². The van der Waals surface area contributed by atoms with Crippen molar-refractivity contribution < 1.29 is 13.2 Å². The number of hydrogen-bond acceptors (Lipinski definition) is 5. The maximum atomic E-state index is 14.6. The summed E-state index contributed by atoms with van der Waals surface area (Å²) in [6.07, 6.45) is 9.64. The number of allylic oxidation sites excluding steroid dienone is 1. The Morgan fingerprint density at radius 1 is 1.10 bits per heavy atom. The summed E-state index contributed by atoms with van der Waals surface area (Å²) < 4.78 is 41.9. The van der Waals surface area contributed by atoms with Crippen LogP contribution in [0.3, 0.4) is 0 Å². The van der Waals surface area contributed by atoms with Gasteiger partial charge < -0.3 is 4.98 Å². The maximum absolute atomic E-state index is 14.6. The number of nitrogens with one attached hydrogen (secondary N) is 2. The highest BCUT2D eigenvalue weighted by molar-refractivity contribution is 5.93. The van der Waals surface area contributed by atoms with Crippen molar-refractivity contribution >= 4 is 17.0 Å². The molecule has 196 valence electrons. The number of likely N-dealkylation sites (tertiary alicyclic amines) is 1. The van der Waals surface area contributed by atoms with Crippen LogP contribution < -0.4 is 0 Å². The lowest BCUT2D eigenvalue weighted by molar-refractivity contribution is 0.0115. The Bertz CT molecular complexity index is 1720. The number of H-pyrrole nitrogens is 2. The Morgan fingerprint density at radius 2 is 2.00 bits per heavy atom. The molecule has 1 saturated heterocycles. The van der Waals surface area contributed by atoms with Gasteiger partial charge in [-0.25, -0.2) is 18.2 Å². The second-order valence-electron chi connectivity index (χ2n) is 10.2. The Hall–Kier alpha value is -4.31. The molecule has 39 heavy (non-hydrogen) atoms. The van der Waals surface area contributed by atoms with Gasteiger partial charge in [0.1, 0.15) is 11.5 Å². The lowest BCUT2D eigenvalue weighted by atomic mass is 9.88. The zero-order valence-electron chi connectivity index (χ0n) is 20.8. The van der Waals surface area contributed by atoms with Gasteiger partial charge in [0.15, 0.2) is 5.82 Å². The standard InChI is InChI=1S/C29H24F3N7/c30-22-6-2-1-4-19(22)20-5-3-7-23-26(20)36-28(35-23)27-21-11-24(34-14-25(21)37-38-27)18-10-17(12-33-13-18)15-39-9-8-29(31,32)16-39/h1-4,6-7,10-14,20H,5,8-9,15-16H2,(H,35,36)(H,37,38). The zero-order chi connectivity index (χ0) is 26.6. The van der Waals surface area contributed by atoms with Crippen LogP contribution in [0.25, 0.3) is 39.8 Å². The number of pyridine rings is 2. The Kier molecular flexibility index (Phi) is 5.59. The summed E-state index contributed by atoms with van der Waals surface area (Å²) in [5.74, 6) is -2.46. The van der Waals surface area contributed by atoms with Crippen LogP contribution in [0, 0.1) is 5.82 Å². The average molecular weight is 528 g/mol. The number of rotatable bonds is 5. The van der Waals surface area contributed by atoms with E-state index in [1.807, 2.05) is 36.4 Å². The third-order valence-corrected chi connectivity index (χ3v) is 7.45. The van der Waals surface area contributed by atoms with Crippen LogP contribution in [-0.2, 0) is 6.54 Å². The molecule has 4 aromatic heterocycles. The molecule has 0 amide bonds. The normalized spacial score (nSPS) is 18.6. The van der Waals surface area contributed by atoms with E-state index in [-0.39, 0.29) is 24.7 Å². The molecule has 1 fully saturated rings. The first-order valence-electron chi connectivity index (χ1n) is 12.8. The Labute approximate surface area is 221 Å². The first-order chi connectivity index (χ1) is 18.9. The summed E-state index contributed by atoms with van der Waals surface area (Å²) in [7, 11) is 0. The average Bonchev–Trinajstić information content (AvgIpc) is 3.64. The minimum atomic E-state index is -2.63. The molecule has 0 spiro atoms. The van der Waals surface area contributed by atoms with Gasteiger partial charge >= 0.3 is 0 Å². The van der Waals surface area contributed by atoms with Gasteiger partial charge in [0, 0.05) is 48.8 Å². The van der Waals surface area contributed by atoms with Crippen molar-refractivity contribution in [3.63, 3.8) is 0 Å². The third-order valence-electron chi connectivity index (χ3n) is 7.45. The molecule has 1 aliphatic heterocycles. The summed E-state index contributed by atoms with van der Waals surface area (Å²) >= 11 is 0. The van der Waals surface area contributed by atoms with Crippen LogP contribution >= 0.6 is 0 Å². The molecular weight excluding hydrogens is 503 g/mol. The lowest BCUT2D eigenvalue weighted by Gasteiger charge is -2.18. The molecule has 5 aromatic rings. The van der Waals surface area contributed by atoms with Gasteiger partial charge in [-0.2, -0.15) is 5.10 Å². The molecule has 7 rings (SSSR count). The van der Waals surface area contributed by atoms with Gasteiger partial charge in [-0.3, -0.25) is 20.0 Å². The minimum absolute atomic E-state index is 0.116. The number of aromatic amines is 2. The fraction of sp³-hybridized carbons (Fsp3) is 0.241. The molecule has 2 aliphatic rings. The minimum Gasteiger partial charge on any atom is -0.339 e. The van der Waals surface area contributed by atoms with Gasteiger partial charge in [0.2, 0.25) is 0 Å². The highest BCUT2D eigenvalue weighted by Crippen LogP contribution is 2.37. The fourth-order valence-electron chi connectivity index (χ4n) is 5.55. The van der Waals surface area contributed by atoms with Crippen molar-refractivity contribution in [3.8, 4) is 22.8 Å². The van der Waals surface area contributed by atoms with Gasteiger partial charge in [-0.15, -0.1) is 0 Å². The molecule has 1 aliphatic carbocycles. The first-order valence-corrected chi connectivity index (χ1v) is 12.8. The molecule has 2 N–H and O–H groups in total. The molecule has 7 nitrogen and oxygen atoms in total. The maximum Gasteiger partial charge on any atom is 0.261 e. The molecule has 1 atom stereocenters. The van der Waals surface area contributed by atoms with Crippen molar-refractivity contribution in [3.05, 3.63) is 89.4 Å². The molecule has 10 heteroatoms. The Balaban J connectivity index is 1.22. The van der Waals surface area contributed by atoms with E-state index < -0.39 is 5.92 Å². The van der Waals surface area contributed by atoms with Crippen molar-refractivity contribution in [2.75, 3.05) is 13.1 Å². The van der Waals surface area contributed by atoms with Crippen LogP contribution in [0.1, 0.15) is 41.3 Å². The van der Waals surface area contributed by atoms with E-state index in [4.69, 9.17) is 4.98 Å². The summed E-state index contributed by atoms with van der Waals surface area (Å²) in [6, 6.07) is 10.7. The molecule has 1 aromatic carbocycles. The van der Waals surface area contributed by atoms with E-state index in [9.17, 15) is 13.2 Å². The molecule has 1 unspecified atom stereocenters. The van der Waals surface area contributed by atoms with Crippen LogP contribution in [0.2, 0.25) is 0 Å². The largest absolute Gasteiger partial charge is 0.339 e. The SMILES string of the molecule is Fc1ccccc1C1CC=Cc2nc(-c3n[nH]c4cnc(-c5cncc(CN6CCC(F)(F)C6)c5)cc34)[nH]c21. The quantitative estimate of drug-likeness (QED) is 0.296. The first kappa shape index (κ1) is 23.8. The van der Waals surface area contributed by atoms with Gasteiger partial charge in [-0.1, -0.05) is 24.3 Å². The van der Waals surface area contributed by atoms with E-state index in [1.54, 1.807) is 29.6 Å². The van der Waals surface area contributed by atoms with E-state index in [0.717, 1.165) is 33.4 Å². The highest BCUT2D eigenvalue weighted by Gasteiger charge is 2.38. The monoisotopic (exact) mass is 527 g/mol. The van der Waals surface area contributed by atoms with Gasteiger partial charge in [-0.05, 0) is 41.8 Å². The molecule has 5 heterocycles. The van der Waals surface area contributed by atoms with Crippen LogP contribution in [0.15, 0.2) is 61.1 Å². The highest BCUT2D eigenvalue weighted by atomic mass is 19.3. The number of fused-ring (bicyclic) bond motifs is 2. The second-order valence-corrected chi connectivity index (χ2v) is 10.2. The summed E-state index contributed by atoms with van der Waals surface area (Å²) in [6.45, 7) is 0.532. The topological polar surface area (TPSA) is 86.4 Å². The smallest absolute Gasteiger partial charge is 0.261 e. The lowest BCUT2D eigenvalue weighted by Crippen LogP contribution is -2.24. The van der Waals surface area contributed by atoms with E-state index in [1.165, 1.54) is 6.07 Å². The second kappa shape index (κ2) is 9.16. The molecule has 0 saturated carbocycles. The van der Waals surface area contributed by atoms with Crippen molar-refractivity contribution in [2.24, 2.45) is 0 Å². The zero-order valence-corrected chi connectivity index (χ0v) is 20.8.